The molecule has 0 aromatic rings. The molecule has 0 saturated carbocycles. The molecule has 2 unspecified atom stereocenters. The normalized spacial score (nSPS) is 22.3. The van der Waals surface area contributed by atoms with Gasteiger partial charge in [0.25, 0.3) is 0 Å². The zero-order valence-corrected chi connectivity index (χ0v) is 12.5. The van der Waals surface area contributed by atoms with Crippen molar-refractivity contribution in [3.05, 3.63) is 0 Å². The Morgan fingerprint density at radius 3 is 2.67 bits per heavy atom. The minimum atomic E-state index is -0.261. The summed E-state index contributed by atoms with van der Waals surface area (Å²) in [6.07, 6.45) is 6.74. The maximum absolute atomic E-state index is 12.3. The van der Waals surface area contributed by atoms with Crippen LogP contribution in [-0.2, 0) is 4.79 Å². The smallest absolute Gasteiger partial charge is 0.232 e. The van der Waals surface area contributed by atoms with Gasteiger partial charge in [0, 0.05) is 13.1 Å². The first-order valence-corrected chi connectivity index (χ1v) is 7.59. The van der Waals surface area contributed by atoms with Crippen LogP contribution in [0.2, 0.25) is 0 Å². The molecule has 0 bridgehead atoms. The maximum atomic E-state index is 12.3. The number of amides is 1. The Morgan fingerprint density at radius 2 is 2.11 bits per heavy atom. The molecule has 1 saturated heterocycles. The topological polar surface area (TPSA) is 46.3 Å². The lowest BCUT2D eigenvalue weighted by Crippen LogP contribution is -2.41. The average Bonchev–Trinajstić information content (AvgIpc) is 2.55. The van der Waals surface area contributed by atoms with Crippen LogP contribution >= 0.6 is 12.2 Å². The van der Waals surface area contributed by atoms with Gasteiger partial charge in [-0.1, -0.05) is 38.9 Å². The van der Waals surface area contributed by atoms with Crippen LogP contribution in [0, 0.1) is 11.8 Å². The summed E-state index contributed by atoms with van der Waals surface area (Å²) in [7, 11) is 0. The van der Waals surface area contributed by atoms with Gasteiger partial charge in [-0.25, -0.2) is 0 Å². The number of thiocarbonyl (C=S) groups is 1. The summed E-state index contributed by atoms with van der Waals surface area (Å²) >= 11 is 4.99. The molecule has 3 nitrogen and oxygen atoms in total. The predicted molar refractivity (Wildman–Crippen MR) is 79.4 cm³/mol. The van der Waals surface area contributed by atoms with Crippen LogP contribution in [0.4, 0.5) is 0 Å². The molecular formula is C14H26N2OS. The van der Waals surface area contributed by atoms with E-state index in [0.29, 0.717) is 11.4 Å². The lowest BCUT2D eigenvalue weighted by molar-refractivity contribution is -0.133. The molecular weight excluding hydrogens is 244 g/mol. The number of hydrogen-bond donors (Lipinski definition) is 1. The highest BCUT2D eigenvalue weighted by Gasteiger charge is 2.27. The van der Waals surface area contributed by atoms with Gasteiger partial charge in [-0.3, -0.25) is 4.79 Å². The number of rotatable bonds is 5. The summed E-state index contributed by atoms with van der Waals surface area (Å²) in [5, 5.41) is 0. The summed E-state index contributed by atoms with van der Waals surface area (Å²) in [6, 6.07) is 0. The molecule has 0 aromatic carbocycles. The van der Waals surface area contributed by atoms with Crippen molar-refractivity contribution in [2.45, 2.75) is 52.4 Å². The second-order valence-corrected chi connectivity index (χ2v) is 5.75. The van der Waals surface area contributed by atoms with Gasteiger partial charge in [-0.15, -0.1) is 0 Å². The van der Waals surface area contributed by atoms with Crippen molar-refractivity contribution in [3.63, 3.8) is 0 Å². The third kappa shape index (κ3) is 4.23. The van der Waals surface area contributed by atoms with E-state index in [9.17, 15) is 4.79 Å². The Labute approximate surface area is 116 Å². The Bertz CT molecular complexity index is 294. The third-order valence-electron chi connectivity index (χ3n) is 3.91. The van der Waals surface area contributed by atoms with Gasteiger partial charge >= 0.3 is 0 Å². The van der Waals surface area contributed by atoms with Gasteiger partial charge in [0.05, 0.1) is 10.9 Å². The fourth-order valence-electron chi connectivity index (χ4n) is 2.80. The largest absolute Gasteiger partial charge is 0.393 e. The van der Waals surface area contributed by atoms with E-state index < -0.39 is 0 Å². The van der Waals surface area contributed by atoms with Crippen molar-refractivity contribution in [3.8, 4) is 0 Å². The van der Waals surface area contributed by atoms with Crippen LogP contribution in [0.5, 0.6) is 0 Å². The fraction of sp³-hybridized carbons (Fsp3) is 0.857. The molecule has 1 amide bonds. The van der Waals surface area contributed by atoms with Crippen LogP contribution in [0.1, 0.15) is 52.4 Å². The molecule has 1 aliphatic rings. The maximum Gasteiger partial charge on any atom is 0.232 e. The molecule has 1 heterocycles. The van der Waals surface area contributed by atoms with E-state index in [2.05, 4.69) is 6.92 Å². The number of nitrogens with two attached hydrogens (primary N) is 1. The summed E-state index contributed by atoms with van der Waals surface area (Å²) < 4.78 is 0. The molecule has 18 heavy (non-hydrogen) atoms. The van der Waals surface area contributed by atoms with E-state index in [0.717, 1.165) is 31.8 Å². The first kappa shape index (κ1) is 15.4. The zero-order chi connectivity index (χ0) is 13.5. The monoisotopic (exact) mass is 270 g/mol. The summed E-state index contributed by atoms with van der Waals surface area (Å²) in [6.45, 7) is 5.95. The third-order valence-corrected chi connectivity index (χ3v) is 4.19. The number of likely N-dealkylation sites (tertiary alicyclic amines) is 1. The highest BCUT2D eigenvalue weighted by atomic mass is 32.1. The van der Waals surface area contributed by atoms with Crippen molar-refractivity contribution >= 4 is 23.1 Å². The minimum Gasteiger partial charge on any atom is -0.393 e. The first-order chi connectivity index (χ1) is 8.60. The van der Waals surface area contributed by atoms with Crippen molar-refractivity contribution in [2.24, 2.45) is 17.6 Å². The van der Waals surface area contributed by atoms with E-state index in [1.165, 1.54) is 19.3 Å². The van der Waals surface area contributed by atoms with Gasteiger partial charge < -0.3 is 10.6 Å². The van der Waals surface area contributed by atoms with Crippen LogP contribution in [0.15, 0.2) is 0 Å². The molecule has 0 aromatic heterocycles. The SMILES string of the molecule is CCCC1CCCN(C(=O)C(CC)C(N)=S)CC1. The molecule has 1 rings (SSSR count). The van der Waals surface area contributed by atoms with Crippen LogP contribution in [0.3, 0.4) is 0 Å². The Kier molecular flexibility index (Phi) is 6.61. The van der Waals surface area contributed by atoms with Gasteiger partial charge in [0.1, 0.15) is 0 Å². The molecule has 4 heteroatoms. The van der Waals surface area contributed by atoms with Gasteiger partial charge in [-0.05, 0) is 31.6 Å². The Balaban J connectivity index is 2.56. The second kappa shape index (κ2) is 7.72. The molecule has 0 radical (unpaired) electrons. The second-order valence-electron chi connectivity index (χ2n) is 5.27. The standard InChI is InChI=1S/C14H26N2OS/c1-3-6-11-7-5-9-16(10-8-11)14(17)12(4-2)13(15)18/h11-12H,3-10H2,1-2H3,(H2,15,18). The van der Waals surface area contributed by atoms with E-state index >= 15 is 0 Å². The number of carbonyl (C=O) groups excluding carboxylic acids is 1. The number of hydrogen-bond acceptors (Lipinski definition) is 2. The fourth-order valence-corrected chi connectivity index (χ4v) is 3.07. The average molecular weight is 270 g/mol. The summed E-state index contributed by atoms with van der Waals surface area (Å²) in [5.74, 6) is 0.669. The zero-order valence-electron chi connectivity index (χ0n) is 11.7. The van der Waals surface area contributed by atoms with E-state index in [1.807, 2.05) is 11.8 Å². The lowest BCUT2D eigenvalue weighted by Gasteiger charge is -2.25. The van der Waals surface area contributed by atoms with Crippen LogP contribution < -0.4 is 5.73 Å². The van der Waals surface area contributed by atoms with E-state index in [4.69, 9.17) is 18.0 Å². The molecule has 104 valence electrons. The van der Waals surface area contributed by atoms with Crippen molar-refractivity contribution in [2.75, 3.05) is 13.1 Å². The molecule has 1 aliphatic heterocycles. The van der Waals surface area contributed by atoms with Crippen molar-refractivity contribution < 1.29 is 4.79 Å². The lowest BCUT2D eigenvalue weighted by atomic mass is 9.96. The summed E-state index contributed by atoms with van der Waals surface area (Å²) in [4.78, 5) is 14.7. The number of nitrogens with zero attached hydrogens (tertiary/aromatic N) is 1. The number of carbonyl (C=O) groups is 1. The van der Waals surface area contributed by atoms with Gasteiger partial charge in [0.2, 0.25) is 5.91 Å². The van der Waals surface area contributed by atoms with Crippen LogP contribution in [-0.4, -0.2) is 28.9 Å². The first-order valence-electron chi connectivity index (χ1n) is 7.18. The van der Waals surface area contributed by atoms with Crippen molar-refractivity contribution in [1.29, 1.82) is 0 Å². The van der Waals surface area contributed by atoms with Gasteiger partial charge in [-0.2, -0.15) is 0 Å². The molecule has 0 spiro atoms. The van der Waals surface area contributed by atoms with Crippen LogP contribution in [0.25, 0.3) is 0 Å². The minimum absolute atomic E-state index is 0.141. The molecule has 2 atom stereocenters. The van der Waals surface area contributed by atoms with Gasteiger partial charge in [0.15, 0.2) is 0 Å². The highest BCUT2D eigenvalue weighted by Crippen LogP contribution is 2.23. The molecule has 1 fully saturated rings. The molecule has 0 aliphatic carbocycles. The highest BCUT2D eigenvalue weighted by molar-refractivity contribution is 7.80. The van der Waals surface area contributed by atoms with E-state index in [-0.39, 0.29) is 11.8 Å². The van der Waals surface area contributed by atoms with Crippen molar-refractivity contribution in [1.82, 2.24) is 4.90 Å². The molecule has 2 N–H and O–H groups in total. The van der Waals surface area contributed by atoms with E-state index in [1.54, 1.807) is 0 Å². The Hall–Kier alpha value is -0.640. The summed E-state index contributed by atoms with van der Waals surface area (Å²) in [5.41, 5.74) is 5.65. The Morgan fingerprint density at radius 1 is 1.39 bits per heavy atom. The quantitative estimate of drug-likeness (QED) is 0.781. The predicted octanol–water partition coefficient (Wildman–Crippen LogP) is 2.73.